The minimum atomic E-state index is -1.09. The van der Waals surface area contributed by atoms with E-state index in [-0.39, 0.29) is 5.69 Å². The van der Waals surface area contributed by atoms with Crippen molar-refractivity contribution in [2.45, 2.75) is 13.8 Å². The highest BCUT2D eigenvalue weighted by Gasteiger charge is 2.13. The quantitative estimate of drug-likeness (QED) is 0.895. The Kier molecular flexibility index (Phi) is 3.85. The number of rotatable bonds is 5. The van der Waals surface area contributed by atoms with Gasteiger partial charge >= 0.3 is 5.97 Å². The maximum absolute atomic E-state index is 10.8. The molecular formula is C14H16N2O3. The molecule has 5 heteroatoms. The van der Waals surface area contributed by atoms with E-state index in [0.717, 1.165) is 24.3 Å². The number of aromatic carboxylic acids is 1. The van der Waals surface area contributed by atoms with Crippen molar-refractivity contribution in [2.24, 2.45) is 0 Å². The third-order valence-corrected chi connectivity index (χ3v) is 2.99. The van der Waals surface area contributed by atoms with Gasteiger partial charge in [-0.2, -0.15) is 0 Å². The summed E-state index contributed by atoms with van der Waals surface area (Å²) in [5.41, 5.74) is 1.82. The summed E-state index contributed by atoms with van der Waals surface area (Å²) in [6, 6.07) is 9.22. The molecule has 0 aliphatic heterocycles. The second-order valence-electron chi connectivity index (χ2n) is 4.10. The van der Waals surface area contributed by atoms with Gasteiger partial charge in [-0.3, -0.25) is 0 Å². The van der Waals surface area contributed by atoms with Crippen LogP contribution < -0.4 is 4.90 Å². The van der Waals surface area contributed by atoms with Crippen LogP contribution in [0.3, 0.4) is 0 Å². The lowest BCUT2D eigenvalue weighted by Crippen LogP contribution is -2.21. The van der Waals surface area contributed by atoms with Crippen molar-refractivity contribution in [3.8, 4) is 11.3 Å². The molecule has 0 bridgehead atoms. The van der Waals surface area contributed by atoms with Crippen LogP contribution in [0.15, 0.2) is 34.9 Å². The van der Waals surface area contributed by atoms with Crippen molar-refractivity contribution in [1.82, 2.24) is 5.16 Å². The summed E-state index contributed by atoms with van der Waals surface area (Å²) in [7, 11) is 0. The first kappa shape index (κ1) is 13.1. The molecule has 0 fully saturated rings. The SMILES string of the molecule is CCN(CC)c1cccc(-c2cc(C(=O)O)no2)c1. The Labute approximate surface area is 111 Å². The fraction of sp³-hybridized carbons (Fsp3) is 0.286. The Bertz CT molecular complexity index is 574. The largest absolute Gasteiger partial charge is 0.476 e. The van der Waals surface area contributed by atoms with Gasteiger partial charge in [-0.15, -0.1) is 0 Å². The Morgan fingerprint density at radius 3 is 2.63 bits per heavy atom. The molecule has 0 amide bonds. The van der Waals surface area contributed by atoms with Gasteiger partial charge in [-0.1, -0.05) is 17.3 Å². The van der Waals surface area contributed by atoms with E-state index < -0.39 is 5.97 Å². The van der Waals surface area contributed by atoms with Gasteiger partial charge in [0.15, 0.2) is 11.5 Å². The molecule has 0 aliphatic carbocycles. The van der Waals surface area contributed by atoms with Gasteiger partial charge in [0.2, 0.25) is 0 Å². The Morgan fingerprint density at radius 1 is 1.32 bits per heavy atom. The summed E-state index contributed by atoms with van der Waals surface area (Å²) in [5.74, 6) is -0.624. The molecule has 2 aromatic rings. The summed E-state index contributed by atoms with van der Waals surface area (Å²) >= 11 is 0. The van der Waals surface area contributed by atoms with Crippen molar-refractivity contribution in [3.63, 3.8) is 0 Å². The average Bonchev–Trinajstić information content (AvgIpc) is 2.90. The number of carbonyl (C=O) groups is 1. The molecule has 5 nitrogen and oxygen atoms in total. The van der Waals surface area contributed by atoms with Crippen LogP contribution in [0.25, 0.3) is 11.3 Å². The summed E-state index contributed by atoms with van der Waals surface area (Å²) < 4.78 is 5.06. The zero-order chi connectivity index (χ0) is 13.8. The van der Waals surface area contributed by atoms with Gasteiger partial charge in [0, 0.05) is 30.4 Å². The van der Waals surface area contributed by atoms with E-state index >= 15 is 0 Å². The molecule has 1 N–H and O–H groups in total. The van der Waals surface area contributed by atoms with E-state index in [2.05, 4.69) is 23.9 Å². The first-order valence-electron chi connectivity index (χ1n) is 6.21. The number of hydrogen-bond donors (Lipinski definition) is 1. The average molecular weight is 260 g/mol. The number of carboxylic acids is 1. The van der Waals surface area contributed by atoms with Gasteiger partial charge in [0.1, 0.15) is 0 Å². The van der Waals surface area contributed by atoms with Crippen molar-refractivity contribution >= 4 is 11.7 Å². The van der Waals surface area contributed by atoms with Crippen LogP contribution in [0.2, 0.25) is 0 Å². The third kappa shape index (κ3) is 2.76. The van der Waals surface area contributed by atoms with Crippen LogP contribution in [-0.2, 0) is 0 Å². The number of hydrogen-bond acceptors (Lipinski definition) is 4. The standard InChI is InChI=1S/C14H16N2O3/c1-3-16(4-2)11-7-5-6-10(8-11)13-9-12(14(17)18)15-19-13/h5-9H,3-4H2,1-2H3,(H,17,18). The molecule has 1 aromatic carbocycles. The smallest absolute Gasteiger partial charge is 0.358 e. The molecule has 0 saturated carbocycles. The van der Waals surface area contributed by atoms with Crippen LogP contribution in [0, 0.1) is 0 Å². The highest BCUT2D eigenvalue weighted by atomic mass is 16.5. The minimum Gasteiger partial charge on any atom is -0.476 e. The first-order valence-corrected chi connectivity index (χ1v) is 6.21. The maximum atomic E-state index is 10.8. The van der Waals surface area contributed by atoms with Gasteiger partial charge in [0.05, 0.1) is 0 Å². The number of carboxylic acid groups (broad SMARTS) is 1. The zero-order valence-corrected chi connectivity index (χ0v) is 11.0. The second-order valence-corrected chi connectivity index (χ2v) is 4.10. The molecule has 2 rings (SSSR count). The van der Waals surface area contributed by atoms with E-state index in [0.29, 0.717) is 5.76 Å². The molecule has 1 heterocycles. The lowest BCUT2D eigenvalue weighted by Gasteiger charge is -2.21. The second kappa shape index (κ2) is 5.56. The predicted octanol–water partition coefficient (Wildman–Crippen LogP) is 2.89. The highest BCUT2D eigenvalue weighted by molar-refractivity contribution is 5.86. The maximum Gasteiger partial charge on any atom is 0.358 e. The van der Waals surface area contributed by atoms with Crippen LogP contribution in [0.5, 0.6) is 0 Å². The van der Waals surface area contributed by atoms with Crippen molar-refractivity contribution in [1.29, 1.82) is 0 Å². The van der Waals surface area contributed by atoms with Crippen molar-refractivity contribution in [2.75, 3.05) is 18.0 Å². The number of nitrogens with zero attached hydrogens (tertiary/aromatic N) is 2. The van der Waals surface area contributed by atoms with E-state index in [1.165, 1.54) is 6.07 Å². The van der Waals surface area contributed by atoms with Gasteiger partial charge < -0.3 is 14.5 Å². The number of benzene rings is 1. The summed E-state index contributed by atoms with van der Waals surface area (Å²) in [4.78, 5) is 13.0. The lowest BCUT2D eigenvalue weighted by atomic mass is 10.1. The molecular weight excluding hydrogens is 244 g/mol. The Balaban J connectivity index is 2.34. The van der Waals surface area contributed by atoms with Gasteiger partial charge in [-0.05, 0) is 26.0 Å². The lowest BCUT2D eigenvalue weighted by molar-refractivity contribution is 0.0686. The van der Waals surface area contributed by atoms with Crippen molar-refractivity contribution < 1.29 is 14.4 Å². The molecule has 0 atom stereocenters. The third-order valence-electron chi connectivity index (χ3n) is 2.99. The predicted molar refractivity (Wildman–Crippen MR) is 72.5 cm³/mol. The Hall–Kier alpha value is -2.30. The summed E-state index contributed by atoms with van der Waals surface area (Å²) in [5, 5.41) is 12.4. The summed E-state index contributed by atoms with van der Waals surface area (Å²) in [6.07, 6.45) is 0. The monoisotopic (exact) mass is 260 g/mol. The van der Waals surface area contributed by atoms with Crippen LogP contribution >= 0.6 is 0 Å². The fourth-order valence-electron chi connectivity index (χ4n) is 1.96. The molecule has 0 saturated heterocycles. The van der Waals surface area contributed by atoms with Crippen LogP contribution in [0.4, 0.5) is 5.69 Å². The van der Waals surface area contributed by atoms with E-state index in [1.807, 2.05) is 24.3 Å². The van der Waals surface area contributed by atoms with Crippen molar-refractivity contribution in [3.05, 3.63) is 36.0 Å². The number of aromatic nitrogens is 1. The normalized spacial score (nSPS) is 10.4. The molecule has 19 heavy (non-hydrogen) atoms. The molecule has 1 aromatic heterocycles. The van der Waals surface area contributed by atoms with E-state index in [1.54, 1.807) is 0 Å². The molecule has 0 spiro atoms. The van der Waals surface area contributed by atoms with Gasteiger partial charge in [-0.25, -0.2) is 4.79 Å². The zero-order valence-electron chi connectivity index (χ0n) is 11.0. The van der Waals surface area contributed by atoms with Gasteiger partial charge in [0.25, 0.3) is 0 Å². The first-order chi connectivity index (χ1) is 9.15. The topological polar surface area (TPSA) is 66.6 Å². The van der Waals surface area contributed by atoms with Crippen LogP contribution in [-0.4, -0.2) is 29.3 Å². The molecule has 100 valence electrons. The van der Waals surface area contributed by atoms with E-state index in [9.17, 15) is 4.79 Å². The summed E-state index contributed by atoms with van der Waals surface area (Å²) in [6.45, 7) is 6.01. The Morgan fingerprint density at radius 2 is 2.05 bits per heavy atom. The molecule has 0 aliphatic rings. The highest BCUT2D eigenvalue weighted by Crippen LogP contribution is 2.25. The molecule has 0 unspecified atom stereocenters. The fourth-order valence-corrected chi connectivity index (χ4v) is 1.96. The minimum absolute atomic E-state index is 0.0803. The van der Waals surface area contributed by atoms with E-state index in [4.69, 9.17) is 9.63 Å². The van der Waals surface area contributed by atoms with Crippen LogP contribution in [0.1, 0.15) is 24.3 Å². The number of anilines is 1. The molecule has 0 radical (unpaired) electrons.